The smallest absolute Gasteiger partial charge is 0.138 e. The monoisotopic (exact) mass is 249 g/mol. The molecule has 0 spiro atoms. The van der Waals surface area contributed by atoms with Gasteiger partial charge in [-0.3, -0.25) is 4.40 Å². The van der Waals surface area contributed by atoms with Crippen LogP contribution in [-0.4, -0.2) is 27.9 Å². The van der Waals surface area contributed by atoms with Crippen LogP contribution in [0, 0.1) is 5.92 Å². The maximum atomic E-state index is 6.37. The molecule has 0 saturated carbocycles. The normalized spacial score (nSPS) is 25.4. The fourth-order valence-corrected chi connectivity index (χ4v) is 2.71. The van der Waals surface area contributed by atoms with Crippen LogP contribution in [0.15, 0.2) is 30.6 Å². The molecule has 0 aromatic carbocycles. The first kappa shape index (κ1) is 10.9. The number of fused-ring (bicyclic) bond motifs is 1. The summed E-state index contributed by atoms with van der Waals surface area (Å²) < 4.78 is 2.12. The Balaban J connectivity index is 1.96. The van der Waals surface area contributed by atoms with Crippen LogP contribution in [0.2, 0.25) is 0 Å². The van der Waals surface area contributed by atoms with E-state index in [0.29, 0.717) is 5.92 Å². The lowest BCUT2D eigenvalue weighted by Crippen LogP contribution is -2.41. The Labute approximate surface area is 106 Å². The Morgan fingerprint density at radius 3 is 3.12 bits per heavy atom. The zero-order valence-corrected chi connectivity index (χ0v) is 10.6. The van der Waals surface area contributed by atoms with E-state index in [1.54, 1.807) is 0 Å². The molecule has 0 bridgehead atoms. The fourth-order valence-electron chi connectivity index (χ4n) is 2.42. The summed E-state index contributed by atoms with van der Waals surface area (Å²) in [6, 6.07) is 6.21. The van der Waals surface area contributed by atoms with E-state index in [2.05, 4.69) is 33.3 Å². The SMILES string of the molecule is CC1CCN(c2cccc3nccn23)CC1Cl. The number of aromatic nitrogens is 2. The second-order valence-corrected chi connectivity index (χ2v) is 5.33. The molecular weight excluding hydrogens is 234 g/mol. The summed E-state index contributed by atoms with van der Waals surface area (Å²) in [6.45, 7) is 4.22. The van der Waals surface area contributed by atoms with Gasteiger partial charge in [-0.15, -0.1) is 11.6 Å². The van der Waals surface area contributed by atoms with Gasteiger partial charge >= 0.3 is 0 Å². The van der Waals surface area contributed by atoms with Crippen LogP contribution in [0.25, 0.3) is 5.65 Å². The molecule has 2 atom stereocenters. The molecule has 0 aliphatic carbocycles. The van der Waals surface area contributed by atoms with Gasteiger partial charge in [-0.1, -0.05) is 13.0 Å². The lowest BCUT2D eigenvalue weighted by atomic mass is 9.98. The summed E-state index contributed by atoms with van der Waals surface area (Å²) in [6.07, 6.45) is 4.99. The highest BCUT2D eigenvalue weighted by molar-refractivity contribution is 6.21. The molecule has 2 unspecified atom stereocenters. The molecule has 17 heavy (non-hydrogen) atoms. The molecule has 3 nitrogen and oxygen atoms in total. The first-order valence-electron chi connectivity index (χ1n) is 6.07. The third-order valence-electron chi connectivity index (χ3n) is 3.60. The number of nitrogens with zero attached hydrogens (tertiary/aromatic N) is 3. The van der Waals surface area contributed by atoms with Crippen molar-refractivity contribution in [3.63, 3.8) is 0 Å². The van der Waals surface area contributed by atoms with E-state index >= 15 is 0 Å². The van der Waals surface area contributed by atoms with Crippen molar-refractivity contribution >= 4 is 23.1 Å². The van der Waals surface area contributed by atoms with Crippen LogP contribution in [-0.2, 0) is 0 Å². The Bertz CT molecular complexity index is 522. The average Bonchev–Trinajstić information content (AvgIpc) is 2.80. The number of halogens is 1. The molecule has 3 heterocycles. The molecule has 1 saturated heterocycles. The minimum absolute atomic E-state index is 0.238. The van der Waals surface area contributed by atoms with Gasteiger partial charge in [0.15, 0.2) is 0 Å². The number of rotatable bonds is 1. The molecule has 90 valence electrons. The molecule has 2 aromatic rings. The van der Waals surface area contributed by atoms with Crippen molar-refractivity contribution in [3.8, 4) is 0 Å². The third-order valence-corrected chi connectivity index (χ3v) is 4.17. The zero-order valence-electron chi connectivity index (χ0n) is 9.88. The van der Waals surface area contributed by atoms with E-state index in [4.69, 9.17) is 11.6 Å². The second kappa shape index (κ2) is 4.22. The van der Waals surface area contributed by atoms with E-state index in [1.165, 1.54) is 5.82 Å². The Morgan fingerprint density at radius 2 is 2.29 bits per heavy atom. The summed E-state index contributed by atoms with van der Waals surface area (Å²) >= 11 is 6.37. The zero-order chi connectivity index (χ0) is 11.8. The molecule has 0 N–H and O–H groups in total. The average molecular weight is 250 g/mol. The highest BCUT2D eigenvalue weighted by Gasteiger charge is 2.25. The Hall–Kier alpha value is -1.22. The molecule has 1 fully saturated rings. The maximum absolute atomic E-state index is 6.37. The van der Waals surface area contributed by atoms with Crippen LogP contribution in [0.5, 0.6) is 0 Å². The minimum atomic E-state index is 0.238. The van der Waals surface area contributed by atoms with Crippen molar-refractivity contribution < 1.29 is 0 Å². The van der Waals surface area contributed by atoms with E-state index in [9.17, 15) is 0 Å². The molecule has 1 aliphatic rings. The summed E-state index contributed by atoms with van der Waals surface area (Å²) in [5, 5.41) is 0.238. The maximum Gasteiger partial charge on any atom is 0.138 e. The first-order chi connectivity index (χ1) is 8.25. The molecule has 1 aliphatic heterocycles. The highest BCUT2D eigenvalue weighted by Crippen LogP contribution is 2.26. The predicted octanol–water partition coefficient (Wildman–Crippen LogP) is 2.79. The van der Waals surface area contributed by atoms with Gasteiger partial charge in [0.05, 0.1) is 5.38 Å². The van der Waals surface area contributed by atoms with E-state index < -0.39 is 0 Å². The summed E-state index contributed by atoms with van der Waals surface area (Å²) in [5.74, 6) is 1.80. The van der Waals surface area contributed by atoms with Gasteiger partial charge in [0.2, 0.25) is 0 Å². The van der Waals surface area contributed by atoms with Crippen LogP contribution >= 0.6 is 11.6 Å². The largest absolute Gasteiger partial charge is 0.356 e. The third kappa shape index (κ3) is 1.89. The van der Waals surface area contributed by atoms with Crippen molar-refractivity contribution in [1.29, 1.82) is 0 Å². The molecule has 4 heteroatoms. The molecular formula is C13H16ClN3. The van der Waals surface area contributed by atoms with Crippen LogP contribution in [0.4, 0.5) is 5.82 Å². The van der Waals surface area contributed by atoms with E-state index in [0.717, 1.165) is 25.2 Å². The number of piperidine rings is 1. The van der Waals surface area contributed by atoms with Crippen molar-refractivity contribution in [1.82, 2.24) is 9.38 Å². The van der Waals surface area contributed by atoms with Crippen molar-refractivity contribution in [2.24, 2.45) is 5.92 Å². The topological polar surface area (TPSA) is 20.5 Å². The molecule has 2 aromatic heterocycles. The predicted molar refractivity (Wildman–Crippen MR) is 70.8 cm³/mol. The van der Waals surface area contributed by atoms with Crippen LogP contribution in [0.1, 0.15) is 13.3 Å². The van der Waals surface area contributed by atoms with Gasteiger partial charge in [-0.2, -0.15) is 0 Å². The summed E-state index contributed by atoms with van der Waals surface area (Å²) in [7, 11) is 0. The number of alkyl halides is 1. The molecule has 0 radical (unpaired) electrons. The fraction of sp³-hybridized carbons (Fsp3) is 0.462. The van der Waals surface area contributed by atoms with Gasteiger partial charge in [0.1, 0.15) is 11.5 Å². The van der Waals surface area contributed by atoms with Crippen LogP contribution in [0.3, 0.4) is 0 Å². The summed E-state index contributed by atoms with van der Waals surface area (Å²) in [4.78, 5) is 6.67. The van der Waals surface area contributed by atoms with Gasteiger partial charge in [-0.05, 0) is 24.5 Å². The standard InChI is InChI=1S/C13H16ClN3/c1-10-5-7-16(9-11(10)14)13-4-2-3-12-15-6-8-17(12)13/h2-4,6,8,10-11H,5,7,9H2,1H3. The summed E-state index contributed by atoms with van der Waals surface area (Å²) in [5.41, 5.74) is 0.993. The Kier molecular flexibility index (Phi) is 2.71. The lowest BCUT2D eigenvalue weighted by molar-refractivity contribution is 0.443. The van der Waals surface area contributed by atoms with Gasteiger partial charge in [0.25, 0.3) is 0 Å². The highest BCUT2D eigenvalue weighted by atomic mass is 35.5. The number of hydrogen-bond acceptors (Lipinski definition) is 2. The quantitative estimate of drug-likeness (QED) is 0.725. The molecule has 3 rings (SSSR count). The van der Waals surface area contributed by atoms with Gasteiger partial charge < -0.3 is 4.90 Å². The van der Waals surface area contributed by atoms with Gasteiger partial charge in [0, 0.05) is 25.5 Å². The van der Waals surface area contributed by atoms with Crippen molar-refractivity contribution in [3.05, 3.63) is 30.6 Å². The van der Waals surface area contributed by atoms with E-state index in [-0.39, 0.29) is 5.38 Å². The van der Waals surface area contributed by atoms with Crippen LogP contribution < -0.4 is 4.90 Å². The number of imidazole rings is 1. The van der Waals surface area contributed by atoms with Crippen molar-refractivity contribution in [2.45, 2.75) is 18.7 Å². The lowest BCUT2D eigenvalue weighted by Gasteiger charge is -2.35. The van der Waals surface area contributed by atoms with Gasteiger partial charge in [-0.25, -0.2) is 4.98 Å². The second-order valence-electron chi connectivity index (χ2n) is 4.77. The van der Waals surface area contributed by atoms with E-state index in [1.807, 2.05) is 18.5 Å². The number of hydrogen-bond donors (Lipinski definition) is 0. The number of anilines is 1. The minimum Gasteiger partial charge on any atom is -0.356 e. The molecule has 0 amide bonds. The van der Waals surface area contributed by atoms with Crippen molar-refractivity contribution in [2.75, 3.05) is 18.0 Å². The number of pyridine rings is 1. The first-order valence-corrected chi connectivity index (χ1v) is 6.50. The Morgan fingerprint density at radius 1 is 1.41 bits per heavy atom.